The normalized spacial score (nSPS) is 24.7. The van der Waals surface area contributed by atoms with Crippen LogP contribution in [0.4, 0.5) is 5.69 Å². The zero-order chi connectivity index (χ0) is 14.9. The van der Waals surface area contributed by atoms with Gasteiger partial charge in [0.2, 0.25) is 0 Å². The quantitative estimate of drug-likeness (QED) is 0.929. The van der Waals surface area contributed by atoms with E-state index < -0.39 is 0 Å². The van der Waals surface area contributed by atoms with Gasteiger partial charge >= 0.3 is 0 Å². The molecule has 2 atom stereocenters. The zero-order valence-corrected chi connectivity index (χ0v) is 13.1. The Morgan fingerprint density at radius 3 is 2.76 bits per heavy atom. The molecule has 4 heteroatoms. The Morgan fingerprint density at radius 2 is 2.05 bits per heavy atom. The van der Waals surface area contributed by atoms with Crippen LogP contribution in [0.25, 0.3) is 5.69 Å². The lowest BCUT2D eigenvalue weighted by atomic mass is 9.70. The monoisotopic (exact) mass is 284 g/mol. The fourth-order valence-electron chi connectivity index (χ4n) is 3.80. The van der Waals surface area contributed by atoms with E-state index >= 15 is 0 Å². The van der Waals surface area contributed by atoms with E-state index in [4.69, 9.17) is 0 Å². The number of hydrogen-bond donors (Lipinski definition) is 1. The van der Waals surface area contributed by atoms with Gasteiger partial charge < -0.3 is 5.32 Å². The Morgan fingerprint density at radius 1 is 1.24 bits per heavy atom. The van der Waals surface area contributed by atoms with Crippen molar-refractivity contribution in [1.82, 2.24) is 14.8 Å². The minimum absolute atomic E-state index is 0.414. The molecule has 21 heavy (non-hydrogen) atoms. The number of nitrogens with one attached hydrogen (secondary N) is 1. The minimum Gasteiger partial charge on any atom is -0.381 e. The summed E-state index contributed by atoms with van der Waals surface area (Å²) in [5, 5.41) is 7.98. The second-order valence-corrected chi connectivity index (χ2v) is 7.11. The van der Waals surface area contributed by atoms with Gasteiger partial charge in [-0.15, -0.1) is 0 Å². The second-order valence-electron chi connectivity index (χ2n) is 7.11. The molecule has 0 amide bonds. The van der Waals surface area contributed by atoms with Crippen molar-refractivity contribution in [2.45, 2.75) is 46.1 Å². The molecule has 4 nitrogen and oxygen atoms in total. The van der Waals surface area contributed by atoms with Crippen LogP contribution in [0.5, 0.6) is 0 Å². The molecule has 0 aliphatic heterocycles. The van der Waals surface area contributed by atoms with Crippen molar-refractivity contribution in [2.24, 2.45) is 11.3 Å². The molecule has 1 aliphatic rings. The summed E-state index contributed by atoms with van der Waals surface area (Å²) in [5.41, 5.74) is 2.61. The third-order valence-corrected chi connectivity index (χ3v) is 4.32. The molecule has 2 unspecified atom stereocenters. The number of anilines is 1. The Balaban J connectivity index is 1.82. The van der Waals surface area contributed by atoms with Crippen LogP contribution < -0.4 is 5.32 Å². The Labute approximate surface area is 126 Å². The van der Waals surface area contributed by atoms with E-state index in [9.17, 15) is 0 Å². The Kier molecular flexibility index (Phi) is 3.70. The van der Waals surface area contributed by atoms with Gasteiger partial charge in [0.1, 0.15) is 12.7 Å². The number of rotatable bonds is 3. The van der Waals surface area contributed by atoms with Gasteiger partial charge in [-0.3, -0.25) is 0 Å². The molecule has 1 saturated carbocycles. The van der Waals surface area contributed by atoms with Crippen molar-refractivity contribution >= 4 is 5.69 Å². The highest BCUT2D eigenvalue weighted by Gasteiger charge is 2.32. The van der Waals surface area contributed by atoms with Gasteiger partial charge in [-0.05, 0) is 42.7 Å². The van der Waals surface area contributed by atoms with Crippen LogP contribution in [0.3, 0.4) is 0 Å². The highest BCUT2D eigenvalue weighted by Crippen LogP contribution is 2.39. The topological polar surface area (TPSA) is 42.7 Å². The van der Waals surface area contributed by atoms with Crippen molar-refractivity contribution in [3.05, 3.63) is 36.9 Å². The van der Waals surface area contributed by atoms with Gasteiger partial charge in [0.25, 0.3) is 0 Å². The van der Waals surface area contributed by atoms with Crippen molar-refractivity contribution < 1.29 is 0 Å². The van der Waals surface area contributed by atoms with E-state index in [1.807, 2.05) is 10.7 Å². The lowest BCUT2D eigenvalue weighted by Crippen LogP contribution is -2.35. The fraction of sp³-hybridized carbons (Fsp3) is 0.529. The van der Waals surface area contributed by atoms with E-state index in [1.54, 1.807) is 12.7 Å². The maximum atomic E-state index is 4.25. The van der Waals surface area contributed by atoms with E-state index in [-0.39, 0.29) is 0 Å². The third-order valence-electron chi connectivity index (χ3n) is 4.32. The van der Waals surface area contributed by atoms with Crippen LogP contribution in [0.15, 0.2) is 36.9 Å². The molecule has 1 aliphatic carbocycles. The molecule has 0 radical (unpaired) electrons. The largest absolute Gasteiger partial charge is 0.381 e. The smallest absolute Gasteiger partial charge is 0.138 e. The molecule has 2 aromatic rings. The molecule has 1 heterocycles. The zero-order valence-electron chi connectivity index (χ0n) is 13.1. The first-order valence-electron chi connectivity index (χ1n) is 7.74. The Bertz CT molecular complexity index is 589. The van der Waals surface area contributed by atoms with Crippen LogP contribution in [0.1, 0.15) is 40.0 Å². The molecule has 1 aromatic heterocycles. The summed E-state index contributed by atoms with van der Waals surface area (Å²) in [5.74, 6) is 0.768. The van der Waals surface area contributed by atoms with Crippen molar-refractivity contribution in [2.75, 3.05) is 5.32 Å². The molecule has 0 saturated heterocycles. The second kappa shape index (κ2) is 5.51. The van der Waals surface area contributed by atoms with Crippen molar-refractivity contribution in [3.63, 3.8) is 0 Å². The lowest BCUT2D eigenvalue weighted by Gasteiger charge is -2.39. The summed E-state index contributed by atoms with van der Waals surface area (Å²) >= 11 is 0. The van der Waals surface area contributed by atoms with E-state index in [0.29, 0.717) is 11.5 Å². The molecule has 0 bridgehead atoms. The summed E-state index contributed by atoms with van der Waals surface area (Å²) in [6, 6.07) is 8.83. The van der Waals surface area contributed by atoms with Crippen molar-refractivity contribution in [1.29, 1.82) is 0 Å². The molecule has 0 spiro atoms. The first-order valence-corrected chi connectivity index (χ1v) is 7.74. The van der Waals surface area contributed by atoms with Crippen LogP contribution >= 0.6 is 0 Å². The SMILES string of the molecule is CC1CC(Nc2ccccc2-n2cncn2)CC(C)(C)C1. The molecule has 1 fully saturated rings. The molecular weight excluding hydrogens is 260 g/mol. The van der Waals surface area contributed by atoms with E-state index in [1.165, 1.54) is 19.3 Å². The number of hydrogen-bond acceptors (Lipinski definition) is 3. The maximum Gasteiger partial charge on any atom is 0.138 e. The minimum atomic E-state index is 0.414. The summed E-state index contributed by atoms with van der Waals surface area (Å²) in [7, 11) is 0. The molecule has 3 rings (SSSR count). The van der Waals surface area contributed by atoms with Crippen LogP contribution in [-0.2, 0) is 0 Å². The van der Waals surface area contributed by atoms with Crippen LogP contribution in [0, 0.1) is 11.3 Å². The van der Waals surface area contributed by atoms with Gasteiger partial charge in [0.05, 0.1) is 11.4 Å². The van der Waals surface area contributed by atoms with E-state index in [2.05, 4.69) is 54.4 Å². The summed E-state index contributed by atoms with van der Waals surface area (Å²) in [6.07, 6.45) is 7.07. The van der Waals surface area contributed by atoms with Gasteiger partial charge in [-0.25, -0.2) is 9.67 Å². The first-order chi connectivity index (χ1) is 10.0. The van der Waals surface area contributed by atoms with Gasteiger partial charge in [-0.2, -0.15) is 5.10 Å². The van der Waals surface area contributed by atoms with Gasteiger partial charge in [-0.1, -0.05) is 32.9 Å². The third kappa shape index (κ3) is 3.26. The molecule has 1 aromatic carbocycles. The molecule has 1 N–H and O–H groups in total. The van der Waals surface area contributed by atoms with Gasteiger partial charge in [0.15, 0.2) is 0 Å². The van der Waals surface area contributed by atoms with Gasteiger partial charge in [0, 0.05) is 6.04 Å². The number of benzene rings is 1. The molecule has 112 valence electrons. The standard InChI is InChI=1S/C17H24N4/c1-13-8-14(10-17(2,3)9-13)20-15-6-4-5-7-16(15)21-12-18-11-19-21/h4-7,11-14,20H,8-10H2,1-3H3. The van der Waals surface area contributed by atoms with Crippen LogP contribution in [-0.4, -0.2) is 20.8 Å². The predicted molar refractivity (Wildman–Crippen MR) is 85.6 cm³/mol. The maximum absolute atomic E-state index is 4.25. The molecular formula is C17H24N4. The fourth-order valence-corrected chi connectivity index (χ4v) is 3.80. The summed E-state index contributed by atoms with van der Waals surface area (Å²) in [4.78, 5) is 4.05. The highest BCUT2D eigenvalue weighted by molar-refractivity contribution is 5.60. The summed E-state index contributed by atoms with van der Waals surface area (Å²) < 4.78 is 1.82. The highest BCUT2D eigenvalue weighted by atomic mass is 15.3. The number of nitrogens with zero attached hydrogens (tertiary/aromatic N) is 3. The average molecular weight is 284 g/mol. The first kappa shape index (κ1) is 14.1. The lowest BCUT2D eigenvalue weighted by molar-refractivity contribution is 0.178. The van der Waals surface area contributed by atoms with Crippen LogP contribution in [0.2, 0.25) is 0 Å². The van der Waals surface area contributed by atoms with Crippen molar-refractivity contribution in [3.8, 4) is 5.69 Å². The number of aromatic nitrogens is 3. The predicted octanol–water partition coefficient (Wildman–Crippen LogP) is 3.89. The van der Waals surface area contributed by atoms with E-state index in [0.717, 1.165) is 17.3 Å². The Hall–Kier alpha value is -1.84. The average Bonchev–Trinajstić information content (AvgIpc) is 2.90. The number of para-hydroxylation sites is 2. The summed E-state index contributed by atoms with van der Waals surface area (Å²) in [6.45, 7) is 7.11.